The predicted molar refractivity (Wildman–Crippen MR) is 42.0 cm³/mol. The van der Waals surface area contributed by atoms with E-state index >= 15 is 0 Å². The van der Waals surface area contributed by atoms with Crippen molar-refractivity contribution in [3.8, 4) is 5.75 Å². The van der Waals surface area contributed by atoms with Gasteiger partial charge in [-0.05, 0) is 18.2 Å². The molecule has 0 spiro atoms. The number of benzene rings is 1. The number of anilines is 1. The van der Waals surface area contributed by atoms with Crippen molar-refractivity contribution >= 4 is 11.6 Å². The van der Waals surface area contributed by atoms with E-state index in [2.05, 4.69) is 0 Å². The molecule has 0 heterocycles. The summed E-state index contributed by atoms with van der Waals surface area (Å²) >= 11 is 0. The summed E-state index contributed by atoms with van der Waals surface area (Å²) in [7, 11) is 0. The quantitative estimate of drug-likeness (QED) is 0.377. The molecule has 1 aromatic rings. The third kappa shape index (κ3) is 1.46. The molecule has 0 atom stereocenters. The Hall–Kier alpha value is -1.75. The number of primary amides is 1. The highest BCUT2D eigenvalue weighted by atomic mass is 16.5. The Labute approximate surface area is 68.4 Å². The highest BCUT2D eigenvalue weighted by Gasteiger charge is 2.07. The minimum Gasteiger partial charge on any atom is -0.507 e. The molecule has 5 heteroatoms. The highest BCUT2D eigenvalue weighted by molar-refractivity contribution is 5.96. The molecule has 1 amide bonds. The van der Waals surface area contributed by atoms with Crippen LogP contribution in [-0.4, -0.2) is 16.2 Å². The Balaban J connectivity index is 3.17. The number of nitrogens with one attached hydrogen (secondary N) is 1. The van der Waals surface area contributed by atoms with Gasteiger partial charge in [0.15, 0.2) is 0 Å². The van der Waals surface area contributed by atoms with Gasteiger partial charge in [0.05, 0.1) is 11.3 Å². The monoisotopic (exact) mass is 168 g/mol. The maximum Gasteiger partial charge on any atom is 0.252 e. The van der Waals surface area contributed by atoms with Crippen molar-refractivity contribution in [3.05, 3.63) is 23.8 Å². The van der Waals surface area contributed by atoms with Crippen LogP contribution >= 0.6 is 0 Å². The molecular weight excluding hydrogens is 160 g/mol. The number of nitrogens with two attached hydrogens (primary N) is 1. The summed E-state index contributed by atoms with van der Waals surface area (Å²) in [5, 5.41) is 17.5. The molecule has 1 rings (SSSR count). The molecule has 5 N–H and O–H groups in total. The number of carbonyl (C=O) groups is 1. The second kappa shape index (κ2) is 3.10. The van der Waals surface area contributed by atoms with Crippen LogP contribution in [0.1, 0.15) is 10.4 Å². The zero-order valence-electron chi connectivity index (χ0n) is 6.11. The van der Waals surface area contributed by atoms with Crippen molar-refractivity contribution in [3.63, 3.8) is 0 Å². The highest BCUT2D eigenvalue weighted by Crippen LogP contribution is 2.20. The van der Waals surface area contributed by atoms with Crippen molar-refractivity contribution in [2.45, 2.75) is 0 Å². The fourth-order valence-corrected chi connectivity index (χ4v) is 0.803. The molecule has 0 aromatic heterocycles. The van der Waals surface area contributed by atoms with Gasteiger partial charge in [0.25, 0.3) is 5.91 Å². The number of hydrogen-bond acceptors (Lipinski definition) is 4. The van der Waals surface area contributed by atoms with Gasteiger partial charge in [-0.2, -0.15) is 0 Å². The molecular formula is C7H8N2O3. The van der Waals surface area contributed by atoms with Gasteiger partial charge in [-0.15, -0.1) is 0 Å². The Morgan fingerprint density at radius 3 is 2.67 bits per heavy atom. The van der Waals surface area contributed by atoms with Crippen LogP contribution in [0.4, 0.5) is 5.69 Å². The number of aromatic hydroxyl groups is 1. The fraction of sp³-hybridized carbons (Fsp3) is 0. The maximum atomic E-state index is 10.6. The Morgan fingerprint density at radius 1 is 1.50 bits per heavy atom. The molecule has 0 bridgehead atoms. The van der Waals surface area contributed by atoms with E-state index in [9.17, 15) is 4.79 Å². The molecule has 0 fully saturated rings. The van der Waals surface area contributed by atoms with Crippen LogP contribution in [0.2, 0.25) is 0 Å². The van der Waals surface area contributed by atoms with Crippen molar-refractivity contribution in [1.29, 1.82) is 0 Å². The van der Waals surface area contributed by atoms with Crippen LogP contribution in [0.3, 0.4) is 0 Å². The fourth-order valence-electron chi connectivity index (χ4n) is 0.803. The summed E-state index contributed by atoms with van der Waals surface area (Å²) in [5.41, 5.74) is 7.02. The molecule has 0 aliphatic carbocycles. The van der Waals surface area contributed by atoms with E-state index in [0.29, 0.717) is 5.69 Å². The van der Waals surface area contributed by atoms with Crippen LogP contribution in [0, 0.1) is 0 Å². The summed E-state index contributed by atoms with van der Waals surface area (Å²) < 4.78 is 0. The van der Waals surface area contributed by atoms with E-state index in [4.69, 9.17) is 16.0 Å². The van der Waals surface area contributed by atoms with E-state index < -0.39 is 5.91 Å². The molecule has 0 aliphatic heterocycles. The first-order valence-electron chi connectivity index (χ1n) is 3.18. The smallest absolute Gasteiger partial charge is 0.252 e. The summed E-state index contributed by atoms with van der Waals surface area (Å²) in [6.45, 7) is 0. The minimum absolute atomic E-state index is 0.0333. The number of amides is 1. The molecule has 5 nitrogen and oxygen atoms in total. The summed E-state index contributed by atoms with van der Waals surface area (Å²) in [6, 6.07) is 3.91. The molecule has 0 saturated heterocycles. The van der Waals surface area contributed by atoms with Gasteiger partial charge >= 0.3 is 0 Å². The van der Waals surface area contributed by atoms with Crippen LogP contribution in [0.5, 0.6) is 5.75 Å². The molecule has 0 saturated carbocycles. The van der Waals surface area contributed by atoms with Gasteiger partial charge < -0.3 is 10.8 Å². The zero-order chi connectivity index (χ0) is 9.14. The van der Waals surface area contributed by atoms with Gasteiger partial charge in [-0.25, -0.2) is 0 Å². The van der Waals surface area contributed by atoms with Gasteiger partial charge in [0.1, 0.15) is 5.75 Å². The van der Waals surface area contributed by atoms with Crippen molar-refractivity contribution in [2.24, 2.45) is 5.73 Å². The summed E-state index contributed by atoms with van der Waals surface area (Å²) in [4.78, 5) is 10.6. The average molecular weight is 168 g/mol. The van der Waals surface area contributed by atoms with E-state index in [1.807, 2.05) is 5.48 Å². The number of carbonyl (C=O) groups excluding carboxylic acids is 1. The number of phenols is 1. The largest absolute Gasteiger partial charge is 0.507 e. The average Bonchev–Trinajstić information content (AvgIpc) is 2.05. The topological polar surface area (TPSA) is 95.6 Å². The Bertz CT molecular complexity index is 312. The Morgan fingerprint density at radius 2 is 2.17 bits per heavy atom. The van der Waals surface area contributed by atoms with E-state index in [1.54, 1.807) is 0 Å². The van der Waals surface area contributed by atoms with Crippen LogP contribution in [0.15, 0.2) is 18.2 Å². The summed E-state index contributed by atoms with van der Waals surface area (Å²) in [5.74, 6) is -0.953. The normalized spacial score (nSPS) is 9.42. The van der Waals surface area contributed by atoms with Crippen molar-refractivity contribution in [1.82, 2.24) is 0 Å². The predicted octanol–water partition coefficient (Wildman–Crippen LogP) is 0.292. The van der Waals surface area contributed by atoms with E-state index in [0.717, 1.165) is 0 Å². The number of rotatable bonds is 2. The van der Waals surface area contributed by atoms with E-state index in [-0.39, 0.29) is 11.3 Å². The minimum atomic E-state index is -0.746. The first-order valence-corrected chi connectivity index (χ1v) is 3.18. The van der Waals surface area contributed by atoms with Gasteiger partial charge in [-0.3, -0.25) is 15.5 Å². The lowest BCUT2D eigenvalue weighted by Crippen LogP contribution is -2.11. The second-order valence-corrected chi connectivity index (χ2v) is 2.21. The SMILES string of the molecule is NC(=O)c1cc(NO)ccc1O. The first kappa shape index (κ1) is 8.35. The lowest BCUT2D eigenvalue weighted by Gasteiger charge is -2.02. The van der Waals surface area contributed by atoms with Crippen molar-refractivity contribution in [2.75, 3.05) is 5.48 Å². The molecule has 64 valence electrons. The molecule has 0 aliphatic rings. The zero-order valence-corrected chi connectivity index (χ0v) is 6.11. The molecule has 0 radical (unpaired) electrons. The van der Waals surface area contributed by atoms with Gasteiger partial charge in [0, 0.05) is 0 Å². The van der Waals surface area contributed by atoms with Crippen LogP contribution in [-0.2, 0) is 0 Å². The van der Waals surface area contributed by atoms with Crippen LogP contribution in [0.25, 0.3) is 0 Å². The van der Waals surface area contributed by atoms with Crippen LogP contribution < -0.4 is 11.2 Å². The van der Waals surface area contributed by atoms with Gasteiger partial charge in [-0.1, -0.05) is 0 Å². The number of hydrogen-bond donors (Lipinski definition) is 4. The Kier molecular flexibility index (Phi) is 2.16. The molecule has 12 heavy (non-hydrogen) atoms. The second-order valence-electron chi connectivity index (χ2n) is 2.21. The molecule has 0 unspecified atom stereocenters. The van der Waals surface area contributed by atoms with Crippen molar-refractivity contribution < 1.29 is 15.1 Å². The first-order chi connectivity index (χ1) is 5.65. The lowest BCUT2D eigenvalue weighted by atomic mass is 10.2. The standard InChI is InChI=1S/C7H8N2O3/c8-7(11)5-3-4(9-12)1-2-6(5)10/h1-3,9-10,12H,(H2,8,11). The van der Waals surface area contributed by atoms with Gasteiger partial charge in [0.2, 0.25) is 0 Å². The summed E-state index contributed by atoms with van der Waals surface area (Å²) in [6.07, 6.45) is 0. The lowest BCUT2D eigenvalue weighted by molar-refractivity contribution is 0.0998. The molecule has 1 aromatic carbocycles. The maximum absolute atomic E-state index is 10.6. The van der Waals surface area contributed by atoms with E-state index in [1.165, 1.54) is 18.2 Å². The third-order valence-electron chi connectivity index (χ3n) is 1.39. The third-order valence-corrected chi connectivity index (χ3v) is 1.39.